The van der Waals surface area contributed by atoms with Gasteiger partial charge in [-0.25, -0.2) is 0 Å². The standard InChI is InChI=1S/C18H26ClN3S.2C2H6.CH3N/c1-12-13(2)23-18(22-17(21)5-3-4-10-20)16(12)11-14-6-8-15(19)9-7-14;3*1-2/h6-9,17,22H,3-5,10-11,20-21H2,1-2H3;2*1-2H3;2H,1H2. The number of rotatable bonds is 8. The Balaban J connectivity index is 0. The van der Waals surface area contributed by atoms with E-state index in [1.807, 2.05) is 39.8 Å². The summed E-state index contributed by atoms with van der Waals surface area (Å²) >= 11 is 7.76. The highest BCUT2D eigenvalue weighted by atomic mass is 35.5. The number of benzene rings is 1. The lowest BCUT2D eigenvalue weighted by atomic mass is 10.0. The lowest BCUT2D eigenvalue weighted by Crippen LogP contribution is -2.29. The average Bonchev–Trinajstić information content (AvgIpc) is 3.01. The van der Waals surface area contributed by atoms with Crippen molar-refractivity contribution in [3.8, 4) is 0 Å². The van der Waals surface area contributed by atoms with Gasteiger partial charge in [-0.15, -0.1) is 11.3 Å². The zero-order chi connectivity index (χ0) is 22.8. The lowest BCUT2D eigenvalue weighted by molar-refractivity contribution is 0.612. The maximum absolute atomic E-state index is 6.23. The summed E-state index contributed by atoms with van der Waals surface area (Å²) in [6.45, 7) is 15.6. The first-order valence-corrected chi connectivity index (χ1v) is 11.6. The molecule has 2 aromatic rings. The van der Waals surface area contributed by atoms with Crippen LogP contribution in [0.4, 0.5) is 5.00 Å². The summed E-state index contributed by atoms with van der Waals surface area (Å²) < 4.78 is 0. The summed E-state index contributed by atoms with van der Waals surface area (Å²) in [5.74, 6) is 0. The largest absolute Gasteiger partial charge is 0.362 e. The number of anilines is 1. The molecule has 6 N–H and O–H groups in total. The zero-order valence-corrected chi connectivity index (χ0v) is 20.6. The highest BCUT2D eigenvalue weighted by molar-refractivity contribution is 7.16. The number of aryl methyl sites for hydroxylation is 1. The van der Waals surface area contributed by atoms with Crippen molar-refractivity contribution in [2.45, 2.75) is 73.4 Å². The molecule has 0 fully saturated rings. The molecule has 1 heterocycles. The molecule has 0 aliphatic rings. The maximum Gasteiger partial charge on any atom is 0.0936 e. The molecule has 1 aromatic carbocycles. The molecule has 0 spiro atoms. The summed E-state index contributed by atoms with van der Waals surface area (Å²) in [7, 11) is 0. The molecule has 6 heteroatoms. The topological polar surface area (TPSA) is 87.9 Å². The number of hydrogen-bond acceptors (Lipinski definition) is 5. The summed E-state index contributed by atoms with van der Waals surface area (Å²) in [6, 6.07) is 8.05. The molecule has 0 aliphatic heterocycles. The minimum absolute atomic E-state index is 0.0250. The van der Waals surface area contributed by atoms with E-state index in [1.165, 1.54) is 26.6 Å². The van der Waals surface area contributed by atoms with Crippen molar-refractivity contribution in [2.75, 3.05) is 11.9 Å². The summed E-state index contributed by atoms with van der Waals surface area (Å²) in [5, 5.41) is 11.0. The fourth-order valence-electron chi connectivity index (χ4n) is 2.56. The number of nitrogens with one attached hydrogen (secondary N) is 2. The maximum atomic E-state index is 6.23. The molecule has 0 aliphatic carbocycles. The Hall–Kier alpha value is -1.40. The van der Waals surface area contributed by atoms with E-state index in [2.05, 4.69) is 38.0 Å². The lowest BCUT2D eigenvalue weighted by Gasteiger charge is -2.15. The zero-order valence-electron chi connectivity index (χ0n) is 19.1. The van der Waals surface area contributed by atoms with Gasteiger partial charge < -0.3 is 22.2 Å². The molecular weight excluding hydrogens is 400 g/mol. The van der Waals surface area contributed by atoms with E-state index >= 15 is 0 Å². The second-order valence-corrected chi connectivity index (χ2v) is 7.59. The molecule has 29 heavy (non-hydrogen) atoms. The minimum atomic E-state index is -0.0250. The molecular formula is C23H41ClN4S. The normalized spacial score (nSPS) is 10.4. The third-order valence-electron chi connectivity index (χ3n) is 4.09. The SMILES string of the molecule is C=N.CC.CC.Cc1sc(NC(N)CCCCN)c(Cc2ccc(Cl)cc2)c1C. The van der Waals surface area contributed by atoms with Crippen LogP contribution in [0.15, 0.2) is 24.3 Å². The second kappa shape index (κ2) is 18.6. The van der Waals surface area contributed by atoms with Crippen LogP contribution >= 0.6 is 22.9 Å². The minimum Gasteiger partial charge on any atom is -0.362 e. The number of nitrogens with two attached hydrogens (primary N) is 2. The van der Waals surface area contributed by atoms with E-state index in [4.69, 9.17) is 28.5 Å². The van der Waals surface area contributed by atoms with Crippen molar-refractivity contribution in [1.82, 2.24) is 0 Å². The van der Waals surface area contributed by atoms with Crippen LogP contribution in [0.1, 0.15) is 68.5 Å². The first-order valence-electron chi connectivity index (χ1n) is 10.4. The Morgan fingerprint density at radius 1 is 1.07 bits per heavy atom. The third-order valence-corrected chi connectivity index (χ3v) is 5.52. The van der Waals surface area contributed by atoms with E-state index < -0.39 is 0 Å². The molecule has 166 valence electrons. The van der Waals surface area contributed by atoms with Gasteiger partial charge >= 0.3 is 0 Å². The predicted molar refractivity (Wildman–Crippen MR) is 135 cm³/mol. The average molecular weight is 441 g/mol. The molecule has 0 amide bonds. The van der Waals surface area contributed by atoms with Gasteiger partial charge in [0.2, 0.25) is 0 Å². The predicted octanol–water partition coefficient (Wildman–Crippen LogP) is 6.75. The van der Waals surface area contributed by atoms with Gasteiger partial charge in [0.05, 0.1) is 11.2 Å². The molecule has 4 nitrogen and oxygen atoms in total. The summed E-state index contributed by atoms with van der Waals surface area (Å²) in [6.07, 6.45) is 3.89. The van der Waals surface area contributed by atoms with E-state index in [0.717, 1.165) is 37.3 Å². The molecule has 0 bridgehead atoms. The Morgan fingerprint density at radius 2 is 1.62 bits per heavy atom. The van der Waals surface area contributed by atoms with Crippen LogP contribution in [-0.4, -0.2) is 19.4 Å². The number of halogens is 1. The van der Waals surface area contributed by atoms with Crippen LogP contribution in [0, 0.1) is 19.3 Å². The van der Waals surface area contributed by atoms with Gasteiger partial charge in [-0.3, -0.25) is 0 Å². The van der Waals surface area contributed by atoms with E-state index in [0.29, 0.717) is 0 Å². The van der Waals surface area contributed by atoms with Gasteiger partial charge in [0, 0.05) is 16.3 Å². The molecule has 0 saturated carbocycles. The van der Waals surface area contributed by atoms with Gasteiger partial charge in [-0.1, -0.05) is 51.4 Å². The highest BCUT2D eigenvalue weighted by Gasteiger charge is 2.15. The number of unbranched alkanes of at least 4 members (excludes halogenated alkanes) is 1. The molecule has 1 unspecified atom stereocenters. The number of thiophene rings is 1. The van der Waals surface area contributed by atoms with Crippen molar-refractivity contribution in [3.05, 3.63) is 50.9 Å². The van der Waals surface area contributed by atoms with Crippen LogP contribution in [-0.2, 0) is 6.42 Å². The van der Waals surface area contributed by atoms with Gasteiger partial charge in [0.15, 0.2) is 0 Å². The Bertz CT molecular complexity index is 641. The van der Waals surface area contributed by atoms with E-state index in [-0.39, 0.29) is 6.17 Å². The van der Waals surface area contributed by atoms with Gasteiger partial charge in [0.25, 0.3) is 0 Å². The van der Waals surface area contributed by atoms with Crippen LogP contribution < -0.4 is 16.8 Å². The van der Waals surface area contributed by atoms with Crippen LogP contribution in [0.25, 0.3) is 0 Å². The fraction of sp³-hybridized carbons (Fsp3) is 0.522. The first-order chi connectivity index (χ1) is 14.0. The fourth-order valence-corrected chi connectivity index (χ4v) is 3.83. The molecule has 0 radical (unpaired) electrons. The van der Waals surface area contributed by atoms with Crippen LogP contribution in [0.2, 0.25) is 5.02 Å². The van der Waals surface area contributed by atoms with Gasteiger partial charge in [-0.05, 0) is 75.2 Å². The van der Waals surface area contributed by atoms with Crippen molar-refractivity contribution in [1.29, 1.82) is 5.41 Å². The first kappa shape index (κ1) is 29.8. The summed E-state index contributed by atoms with van der Waals surface area (Å²) in [4.78, 5) is 1.34. The van der Waals surface area contributed by atoms with E-state index in [1.54, 1.807) is 11.3 Å². The van der Waals surface area contributed by atoms with Crippen LogP contribution in [0.3, 0.4) is 0 Å². The van der Waals surface area contributed by atoms with Crippen molar-refractivity contribution >= 4 is 34.7 Å². The highest BCUT2D eigenvalue weighted by Crippen LogP contribution is 2.34. The third kappa shape index (κ3) is 11.4. The van der Waals surface area contributed by atoms with Crippen molar-refractivity contribution < 1.29 is 0 Å². The van der Waals surface area contributed by atoms with E-state index in [9.17, 15) is 0 Å². The van der Waals surface area contributed by atoms with Crippen LogP contribution in [0.5, 0.6) is 0 Å². The smallest absolute Gasteiger partial charge is 0.0936 e. The molecule has 0 saturated heterocycles. The number of hydrogen-bond donors (Lipinski definition) is 4. The monoisotopic (exact) mass is 440 g/mol. The van der Waals surface area contributed by atoms with Crippen molar-refractivity contribution in [3.63, 3.8) is 0 Å². The Labute approximate surface area is 187 Å². The van der Waals surface area contributed by atoms with Crippen molar-refractivity contribution in [2.24, 2.45) is 11.5 Å². The summed E-state index contributed by atoms with van der Waals surface area (Å²) in [5.41, 5.74) is 15.7. The van der Waals surface area contributed by atoms with Gasteiger partial charge in [-0.2, -0.15) is 0 Å². The second-order valence-electron chi connectivity index (χ2n) is 5.93. The molecule has 1 aromatic heterocycles. The molecule has 1 atom stereocenters. The Morgan fingerprint density at radius 3 is 2.14 bits per heavy atom. The quantitative estimate of drug-likeness (QED) is 0.208. The van der Waals surface area contributed by atoms with Gasteiger partial charge in [0.1, 0.15) is 0 Å². The molecule has 2 rings (SSSR count). The Kier molecular flexibility index (Phi) is 19.1.